The Morgan fingerprint density at radius 3 is 2.64 bits per heavy atom. The van der Waals surface area contributed by atoms with Gasteiger partial charge < -0.3 is 15.1 Å². The summed E-state index contributed by atoms with van der Waals surface area (Å²) < 4.78 is 1.74. The molecule has 142 valence electrons. The second-order valence-corrected chi connectivity index (χ2v) is 6.79. The third kappa shape index (κ3) is 3.03. The van der Waals surface area contributed by atoms with Crippen molar-refractivity contribution in [3.63, 3.8) is 0 Å². The molecule has 0 saturated carbocycles. The van der Waals surface area contributed by atoms with Crippen LogP contribution < -0.4 is 10.2 Å². The molecule has 4 aromatic rings. The number of hydrogen-bond acceptors (Lipinski definition) is 8. The number of fused-ring (bicyclic) bond motifs is 1. The van der Waals surface area contributed by atoms with Gasteiger partial charge in [-0.15, -0.1) is 0 Å². The van der Waals surface area contributed by atoms with Crippen molar-refractivity contribution in [3.05, 3.63) is 43.2 Å². The summed E-state index contributed by atoms with van der Waals surface area (Å²) in [5.41, 5.74) is 3.20. The molecule has 0 amide bonds. The van der Waals surface area contributed by atoms with E-state index < -0.39 is 0 Å². The van der Waals surface area contributed by atoms with Crippen LogP contribution in [0.4, 0.5) is 17.3 Å². The summed E-state index contributed by atoms with van der Waals surface area (Å²) in [7, 11) is 2.15. The number of H-pyrrole nitrogens is 1. The molecule has 1 fully saturated rings. The number of anilines is 3. The van der Waals surface area contributed by atoms with Gasteiger partial charge in [0.05, 0.1) is 30.0 Å². The van der Waals surface area contributed by atoms with Crippen molar-refractivity contribution >= 4 is 23.0 Å². The minimum Gasteiger partial charge on any atom is -0.354 e. The van der Waals surface area contributed by atoms with Gasteiger partial charge in [0.1, 0.15) is 12.1 Å². The molecule has 0 spiro atoms. The quantitative estimate of drug-likeness (QED) is 0.551. The van der Waals surface area contributed by atoms with Gasteiger partial charge in [-0.05, 0) is 19.2 Å². The summed E-state index contributed by atoms with van der Waals surface area (Å²) in [6.45, 7) is 4.10. The predicted octanol–water partition coefficient (Wildman–Crippen LogP) is 1.40. The fourth-order valence-corrected chi connectivity index (χ4v) is 3.31. The molecule has 1 aliphatic heterocycles. The molecule has 1 aliphatic rings. The summed E-state index contributed by atoms with van der Waals surface area (Å²) >= 11 is 0. The predicted molar refractivity (Wildman–Crippen MR) is 106 cm³/mol. The first-order chi connectivity index (χ1) is 13.8. The van der Waals surface area contributed by atoms with Gasteiger partial charge in [-0.25, -0.2) is 19.5 Å². The average molecular weight is 376 g/mol. The molecule has 10 nitrogen and oxygen atoms in total. The third-order valence-corrected chi connectivity index (χ3v) is 4.94. The number of piperazine rings is 1. The van der Waals surface area contributed by atoms with E-state index in [1.54, 1.807) is 23.1 Å². The van der Waals surface area contributed by atoms with E-state index >= 15 is 0 Å². The van der Waals surface area contributed by atoms with Gasteiger partial charge in [-0.1, -0.05) is 0 Å². The Balaban J connectivity index is 1.38. The molecule has 10 heteroatoms. The van der Waals surface area contributed by atoms with E-state index in [0.29, 0.717) is 11.5 Å². The Morgan fingerprint density at radius 1 is 1.00 bits per heavy atom. The van der Waals surface area contributed by atoms with E-state index in [-0.39, 0.29) is 0 Å². The molecule has 4 aromatic heterocycles. The molecule has 5 heterocycles. The van der Waals surface area contributed by atoms with E-state index in [1.165, 1.54) is 6.33 Å². The summed E-state index contributed by atoms with van der Waals surface area (Å²) in [6, 6.07) is 4.05. The van der Waals surface area contributed by atoms with Crippen molar-refractivity contribution in [2.75, 3.05) is 43.4 Å². The Labute approximate surface area is 161 Å². The first-order valence-corrected chi connectivity index (χ1v) is 9.12. The molecule has 2 N–H and O–H groups in total. The van der Waals surface area contributed by atoms with Crippen LogP contribution in [0.25, 0.3) is 16.9 Å². The van der Waals surface area contributed by atoms with Gasteiger partial charge in [-0.2, -0.15) is 10.2 Å². The van der Waals surface area contributed by atoms with E-state index in [4.69, 9.17) is 0 Å². The van der Waals surface area contributed by atoms with Crippen molar-refractivity contribution < 1.29 is 0 Å². The number of aromatic amines is 1. The fraction of sp³-hybridized carbons (Fsp3) is 0.278. The van der Waals surface area contributed by atoms with Crippen LogP contribution in [0.2, 0.25) is 0 Å². The van der Waals surface area contributed by atoms with Gasteiger partial charge >= 0.3 is 0 Å². The zero-order valence-electron chi connectivity index (χ0n) is 15.4. The van der Waals surface area contributed by atoms with Crippen molar-refractivity contribution in [3.8, 4) is 11.3 Å². The third-order valence-electron chi connectivity index (χ3n) is 4.94. The lowest BCUT2D eigenvalue weighted by Gasteiger charge is -2.33. The number of hydrogen-bond donors (Lipinski definition) is 2. The molecule has 28 heavy (non-hydrogen) atoms. The largest absolute Gasteiger partial charge is 0.354 e. The van der Waals surface area contributed by atoms with Gasteiger partial charge in [0.2, 0.25) is 0 Å². The summed E-state index contributed by atoms with van der Waals surface area (Å²) in [4.78, 5) is 18.1. The van der Waals surface area contributed by atoms with Gasteiger partial charge in [0, 0.05) is 37.9 Å². The highest BCUT2D eigenvalue weighted by atomic mass is 15.3. The minimum absolute atomic E-state index is 0.624. The molecule has 0 radical (unpaired) electrons. The number of likely N-dealkylation sites (N-methyl/N-ethyl adjacent to an activating group) is 1. The number of rotatable bonds is 4. The lowest BCUT2D eigenvalue weighted by molar-refractivity contribution is 0.312. The van der Waals surface area contributed by atoms with Crippen molar-refractivity contribution in [2.45, 2.75) is 0 Å². The van der Waals surface area contributed by atoms with Crippen LogP contribution in [0.5, 0.6) is 0 Å². The Kier molecular flexibility index (Phi) is 4.09. The summed E-state index contributed by atoms with van der Waals surface area (Å²) in [6.07, 6.45) is 8.62. The summed E-state index contributed by atoms with van der Waals surface area (Å²) in [5.74, 6) is 1.62. The second kappa shape index (κ2) is 6.89. The molecule has 0 unspecified atom stereocenters. The normalized spacial score (nSPS) is 15.2. The van der Waals surface area contributed by atoms with E-state index in [1.807, 2.05) is 18.3 Å². The Morgan fingerprint density at radius 2 is 1.89 bits per heavy atom. The minimum atomic E-state index is 0.624. The van der Waals surface area contributed by atoms with Crippen molar-refractivity contribution in [1.29, 1.82) is 0 Å². The van der Waals surface area contributed by atoms with Crippen LogP contribution in [0.15, 0.2) is 43.2 Å². The van der Waals surface area contributed by atoms with Crippen LogP contribution >= 0.6 is 0 Å². The highest BCUT2D eigenvalue weighted by Crippen LogP contribution is 2.24. The Bertz CT molecular complexity index is 1060. The maximum absolute atomic E-state index is 4.61. The van der Waals surface area contributed by atoms with Gasteiger partial charge in [0.25, 0.3) is 0 Å². The number of aromatic nitrogens is 7. The number of nitrogens with zero attached hydrogens (tertiary/aromatic N) is 8. The topological polar surface area (TPSA) is 103 Å². The highest BCUT2D eigenvalue weighted by molar-refractivity contribution is 5.73. The number of pyridine rings is 1. The molecule has 0 aromatic carbocycles. The van der Waals surface area contributed by atoms with Crippen LogP contribution in [0.1, 0.15) is 0 Å². The molecule has 0 aliphatic carbocycles. The monoisotopic (exact) mass is 376 g/mol. The molecule has 0 bridgehead atoms. The fourth-order valence-electron chi connectivity index (χ4n) is 3.31. The van der Waals surface area contributed by atoms with Crippen LogP contribution in [0.3, 0.4) is 0 Å². The van der Waals surface area contributed by atoms with E-state index in [2.05, 4.69) is 52.4 Å². The van der Waals surface area contributed by atoms with Crippen LogP contribution in [-0.2, 0) is 0 Å². The van der Waals surface area contributed by atoms with Crippen LogP contribution in [0, 0.1) is 0 Å². The highest BCUT2D eigenvalue weighted by Gasteiger charge is 2.16. The lowest BCUT2D eigenvalue weighted by atomic mass is 10.2. The van der Waals surface area contributed by atoms with E-state index in [0.717, 1.165) is 48.9 Å². The smallest absolute Gasteiger partial charge is 0.199 e. The maximum atomic E-state index is 4.61. The zero-order valence-corrected chi connectivity index (χ0v) is 15.4. The molecule has 1 saturated heterocycles. The zero-order chi connectivity index (χ0) is 18.9. The average Bonchev–Trinajstić information content (AvgIpc) is 3.42. The SMILES string of the molecule is CN1CCN(c2ccc(Nc3ncc(-c4cn[nH]c4)n4ncnc34)cn2)CC1. The number of nitrogens with one attached hydrogen (secondary N) is 2. The van der Waals surface area contributed by atoms with Gasteiger partial charge in [-0.3, -0.25) is 5.10 Å². The van der Waals surface area contributed by atoms with Crippen molar-refractivity contribution in [1.82, 2.24) is 39.7 Å². The summed E-state index contributed by atoms with van der Waals surface area (Å²) in [5, 5.41) is 14.4. The molecular formula is C18H20N10. The van der Waals surface area contributed by atoms with Crippen LogP contribution in [-0.4, -0.2) is 72.9 Å². The van der Waals surface area contributed by atoms with Crippen molar-refractivity contribution in [2.24, 2.45) is 0 Å². The van der Waals surface area contributed by atoms with E-state index in [9.17, 15) is 0 Å². The lowest BCUT2D eigenvalue weighted by Crippen LogP contribution is -2.44. The van der Waals surface area contributed by atoms with Gasteiger partial charge in [0.15, 0.2) is 11.5 Å². The first kappa shape index (κ1) is 16.6. The Hall–Kier alpha value is -3.53. The molecule has 5 rings (SSSR count). The maximum Gasteiger partial charge on any atom is 0.199 e. The second-order valence-electron chi connectivity index (χ2n) is 6.79. The molecular weight excluding hydrogens is 356 g/mol. The standard InChI is InChI=1S/C18H20N10/c1-26-4-6-27(7-5-26)16-3-2-14(10-19-16)25-17-18-21-12-24-28(18)15(11-20-17)13-8-22-23-9-13/h2-3,8-12H,4-7H2,1H3,(H,20,25)(H,22,23). The molecule has 0 atom stereocenters. The first-order valence-electron chi connectivity index (χ1n) is 9.12.